The molecule has 0 bridgehead atoms. The van der Waals surface area contributed by atoms with Crippen molar-refractivity contribution in [2.75, 3.05) is 24.6 Å². The first kappa shape index (κ1) is 12.3. The van der Waals surface area contributed by atoms with E-state index in [0.29, 0.717) is 29.6 Å². The predicted octanol–water partition coefficient (Wildman–Crippen LogP) is 1.33. The van der Waals surface area contributed by atoms with Crippen LogP contribution in [0.3, 0.4) is 0 Å². The van der Waals surface area contributed by atoms with Gasteiger partial charge in [-0.25, -0.2) is 8.42 Å². The summed E-state index contributed by atoms with van der Waals surface area (Å²) in [6.45, 7) is 1.18. The molecule has 0 aromatic rings. The summed E-state index contributed by atoms with van der Waals surface area (Å²) in [5.41, 5.74) is 1.31. The normalized spacial score (nSPS) is 26.7. The molecule has 1 fully saturated rings. The molecule has 0 saturated carbocycles. The van der Waals surface area contributed by atoms with Crippen LogP contribution in [0.4, 0.5) is 0 Å². The Kier molecular flexibility index (Phi) is 4.70. The van der Waals surface area contributed by atoms with Gasteiger partial charge in [0.15, 0.2) is 9.84 Å². The van der Waals surface area contributed by atoms with Crippen molar-refractivity contribution in [1.82, 2.24) is 5.32 Å². The minimum Gasteiger partial charge on any atom is -0.311 e. The smallest absolute Gasteiger partial charge is 0.150 e. The van der Waals surface area contributed by atoms with Gasteiger partial charge in [0.2, 0.25) is 0 Å². The van der Waals surface area contributed by atoms with Crippen molar-refractivity contribution in [2.45, 2.75) is 6.42 Å². The number of hydrogen-bond donors (Lipinski definition) is 1. The standard InChI is InChI=1S/C8H13Cl2NO2S/c9-3-8(10)5-11-4-7-1-2-14(12,13)6-7/h3,7,11H,1-2,4-6H2. The van der Waals surface area contributed by atoms with Gasteiger partial charge >= 0.3 is 0 Å². The Bertz CT molecular complexity index is 313. The maximum atomic E-state index is 11.1. The monoisotopic (exact) mass is 257 g/mol. The summed E-state index contributed by atoms with van der Waals surface area (Å²) in [4.78, 5) is 0. The fourth-order valence-corrected chi connectivity index (χ4v) is 3.50. The van der Waals surface area contributed by atoms with E-state index in [1.807, 2.05) is 0 Å². The minimum absolute atomic E-state index is 0.222. The topological polar surface area (TPSA) is 46.2 Å². The van der Waals surface area contributed by atoms with Crippen molar-refractivity contribution >= 4 is 33.0 Å². The molecule has 1 atom stereocenters. The van der Waals surface area contributed by atoms with Crippen molar-refractivity contribution in [3.63, 3.8) is 0 Å². The first-order valence-electron chi connectivity index (χ1n) is 4.39. The third kappa shape index (κ3) is 4.17. The number of rotatable bonds is 4. The molecule has 1 aliphatic rings. The quantitative estimate of drug-likeness (QED) is 0.827. The van der Waals surface area contributed by atoms with Crippen molar-refractivity contribution in [2.24, 2.45) is 5.92 Å². The molecule has 0 radical (unpaired) electrons. The molecule has 0 aliphatic carbocycles. The molecular formula is C8H13Cl2NO2S. The van der Waals surface area contributed by atoms with E-state index in [1.54, 1.807) is 0 Å². The average molecular weight is 258 g/mol. The lowest BCUT2D eigenvalue weighted by atomic mass is 10.1. The molecule has 1 unspecified atom stereocenters. The second-order valence-corrected chi connectivity index (χ2v) is 6.39. The molecule has 1 saturated heterocycles. The summed E-state index contributed by atoms with van der Waals surface area (Å²) in [7, 11) is -2.77. The Hall–Kier alpha value is 0.230. The Morgan fingerprint density at radius 3 is 2.79 bits per heavy atom. The molecule has 0 amide bonds. The predicted molar refractivity (Wildman–Crippen MR) is 59.4 cm³/mol. The highest BCUT2D eigenvalue weighted by atomic mass is 35.5. The molecular weight excluding hydrogens is 245 g/mol. The summed E-state index contributed by atoms with van der Waals surface area (Å²) in [5.74, 6) is 0.834. The Balaban J connectivity index is 2.21. The Labute approximate surface area is 94.4 Å². The van der Waals surface area contributed by atoms with Gasteiger partial charge in [-0.1, -0.05) is 23.2 Å². The van der Waals surface area contributed by atoms with E-state index in [0.717, 1.165) is 6.42 Å². The Morgan fingerprint density at radius 1 is 1.57 bits per heavy atom. The van der Waals surface area contributed by atoms with E-state index in [-0.39, 0.29) is 5.92 Å². The lowest BCUT2D eigenvalue weighted by Crippen LogP contribution is -2.24. The fraction of sp³-hybridized carbons (Fsp3) is 0.750. The van der Waals surface area contributed by atoms with Crippen LogP contribution in [0.15, 0.2) is 10.6 Å². The van der Waals surface area contributed by atoms with Gasteiger partial charge in [-0.15, -0.1) is 0 Å². The SMILES string of the molecule is O=S1(=O)CCC(CNCC(Cl)=CCl)C1. The molecule has 0 aromatic heterocycles. The minimum atomic E-state index is -2.77. The highest BCUT2D eigenvalue weighted by molar-refractivity contribution is 7.91. The van der Waals surface area contributed by atoms with Crippen molar-refractivity contribution in [1.29, 1.82) is 0 Å². The number of halogens is 2. The lowest BCUT2D eigenvalue weighted by molar-refractivity contribution is 0.538. The second-order valence-electron chi connectivity index (χ2n) is 3.46. The highest BCUT2D eigenvalue weighted by Gasteiger charge is 2.27. The van der Waals surface area contributed by atoms with Crippen LogP contribution in [0.25, 0.3) is 0 Å². The molecule has 1 N–H and O–H groups in total. The van der Waals surface area contributed by atoms with Crippen molar-refractivity contribution in [3.05, 3.63) is 10.6 Å². The maximum Gasteiger partial charge on any atom is 0.150 e. The molecule has 1 aliphatic heterocycles. The van der Waals surface area contributed by atoms with E-state index in [1.165, 1.54) is 5.54 Å². The first-order valence-corrected chi connectivity index (χ1v) is 7.03. The molecule has 3 nitrogen and oxygen atoms in total. The summed E-state index contributed by atoms with van der Waals surface area (Å²) < 4.78 is 22.2. The Morgan fingerprint density at radius 2 is 2.29 bits per heavy atom. The molecule has 6 heteroatoms. The van der Waals surface area contributed by atoms with E-state index < -0.39 is 9.84 Å². The van der Waals surface area contributed by atoms with Gasteiger partial charge in [0.1, 0.15) is 0 Å². The van der Waals surface area contributed by atoms with Crippen LogP contribution in [0.1, 0.15) is 6.42 Å². The van der Waals surface area contributed by atoms with Gasteiger partial charge in [0.25, 0.3) is 0 Å². The van der Waals surface area contributed by atoms with Gasteiger partial charge in [0.05, 0.1) is 11.5 Å². The maximum absolute atomic E-state index is 11.1. The number of nitrogens with one attached hydrogen (secondary N) is 1. The zero-order valence-corrected chi connectivity index (χ0v) is 10.00. The average Bonchev–Trinajstić information content (AvgIpc) is 2.45. The summed E-state index contributed by atoms with van der Waals surface area (Å²) in [5, 5.41) is 3.60. The number of hydrogen-bond acceptors (Lipinski definition) is 3. The second kappa shape index (κ2) is 5.35. The highest BCUT2D eigenvalue weighted by Crippen LogP contribution is 2.17. The van der Waals surface area contributed by atoms with Gasteiger partial charge in [0, 0.05) is 17.1 Å². The van der Waals surface area contributed by atoms with Crippen molar-refractivity contribution < 1.29 is 8.42 Å². The fourth-order valence-electron chi connectivity index (χ4n) is 1.47. The van der Waals surface area contributed by atoms with Gasteiger partial charge in [-0.05, 0) is 18.9 Å². The summed E-state index contributed by atoms with van der Waals surface area (Å²) in [6.07, 6.45) is 0.748. The largest absolute Gasteiger partial charge is 0.311 e. The van der Waals surface area contributed by atoms with Crippen LogP contribution >= 0.6 is 23.2 Å². The third-order valence-electron chi connectivity index (χ3n) is 2.17. The lowest BCUT2D eigenvalue weighted by Gasteiger charge is -2.08. The van der Waals surface area contributed by atoms with E-state index in [9.17, 15) is 8.42 Å². The zero-order chi connectivity index (χ0) is 10.6. The van der Waals surface area contributed by atoms with Gasteiger partial charge < -0.3 is 5.32 Å². The molecule has 1 rings (SSSR count). The van der Waals surface area contributed by atoms with Gasteiger partial charge in [-0.2, -0.15) is 0 Å². The third-order valence-corrected chi connectivity index (χ3v) is 4.63. The van der Waals surface area contributed by atoms with Crippen LogP contribution in [0.2, 0.25) is 0 Å². The first-order chi connectivity index (χ1) is 6.53. The molecule has 14 heavy (non-hydrogen) atoms. The van der Waals surface area contributed by atoms with Gasteiger partial charge in [-0.3, -0.25) is 0 Å². The van der Waals surface area contributed by atoms with Crippen LogP contribution in [-0.2, 0) is 9.84 Å². The summed E-state index contributed by atoms with van der Waals surface area (Å²) >= 11 is 11.0. The molecule has 0 spiro atoms. The number of sulfone groups is 1. The van der Waals surface area contributed by atoms with Crippen LogP contribution in [0, 0.1) is 5.92 Å². The van der Waals surface area contributed by atoms with E-state index in [4.69, 9.17) is 23.2 Å². The van der Waals surface area contributed by atoms with E-state index >= 15 is 0 Å². The van der Waals surface area contributed by atoms with Crippen LogP contribution in [-0.4, -0.2) is 33.0 Å². The summed E-state index contributed by atoms with van der Waals surface area (Å²) in [6, 6.07) is 0. The zero-order valence-electron chi connectivity index (χ0n) is 7.67. The molecule has 82 valence electrons. The van der Waals surface area contributed by atoms with Crippen LogP contribution in [0.5, 0.6) is 0 Å². The molecule has 0 aromatic carbocycles. The van der Waals surface area contributed by atoms with Crippen molar-refractivity contribution in [3.8, 4) is 0 Å². The van der Waals surface area contributed by atoms with E-state index in [2.05, 4.69) is 5.32 Å². The van der Waals surface area contributed by atoms with Crippen LogP contribution < -0.4 is 5.32 Å². The molecule has 1 heterocycles.